The van der Waals surface area contributed by atoms with Crippen LogP contribution in [0.3, 0.4) is 0 Å². The van der Waals surface area contributed by atoms with Gasteiger partial charge in [-0.25, -0.2) is 0 Å². The molecule has 0 aliphatic rings. The topological polar surface area (TPSA) is 21.3 Å². The van der Waals surface area contributed by atoms with Crippen molar-refractivity contribution in [2.45, 2.75) is 26.8 Å². The second kappa shape index (κ2) is 6.85. The van der Waals surface area contributed by atoms with Crippen LogP contribution in [0, 0.1) is 0 Å². The molecular weight excluding hydrogens is 254 g/mol. The zero-order valence-electron chi connectivity index (χ0n) is 9.35. The molecule has 0 spiro atoms. The van der Waals surface area contributed by atoms with Crippen molar-refractivity contribution in [1.29, 1.82) is 0 Å². The van der Waals surface area contributed by atoms with Crippen molar-refractivity contribution in [3.63, 3.8) is 0 Å². The summed E-state index contributed by atoms with van der Waals surface area (Å²) >= 11 is 3.50. The first-order valence-corrected chi connectivity index (χ1v) is 6.19. The maximum absolute atomic E-state index is 5.45. The molecule has 0 aliphatic carbocycles. The molecule has 0 heterocycles. The summed E-state index contributed by atoms with van der Waals surface area (Å²) in [6, 6.07) is 6.21. The molecule has 1 aromatic carbocycles. The van der Waals surface area contributed by atoms with Crippen LogP contribution in [0.2, 0.25) is 0 Å². The number of nitrogens with one attached hydrogen (secondary N) is 1. The van der Waals surface area contributed by atoms with Gasteiger partial charge in [0.15, 0.2) is 0 Å². The number of benzene rings is 1. The number of halogens is 1. The standard InChI is InChI=1S/C12H18BrNO/c1-3-7-14-9-10-5-6-12(15-4-2)11(13)8-10/h5-6,8,14H,3-4,7,9H2,1-2H3. The van der Waals surface area contributed by atoms with Crippen LogP contribution in [-0.2, 0) is 6.54 Å². The third-order valence-corrected chi connectivity index (χ3v) is 2.67. The van der Waals surface area contributed by atoms with Gasteiger partial charge in [0.2, 0.25) is 0 Å². The zero-order chi connectivity index (χ0) is 11.1. The molecule has 1 N–H and O–H groups in total. The van der Waals surface area contributed by atoms with Crippen LogP contribution in [0.5, 0.6) is 5.75 Å². The van der Waals surface area contributed by atoms with Crippen LogP contribution in [0.4, 0.5) is 0 Å². The van der Waals surface area contributed by atoms with Crippen LogP contribution in [-0.4, -0.2) is 13.2 Å². The van der Waals surface area contributed by atoms with Crippen molar-refractivity contribution in [3.05, 3.63) is 28.2 Å². The van der Waals surface area contributed by atoms with Gasteiger partial charge in [-0.1, -0.05) is 13.0 Å². The van der Waals surface area contributed by atoms with E-state index in [4.69, 9.17) is 4.74 Å². The monoisotopic (exact) mass is 271 g/mol. The first kappa shape index (κ1) is 12.5. The summed E-state index contributed by atoms with van der Waals surface area (Å²) in [7, 11) is 0. The fourth-order valence-corrected chi connectivity index (χ4v) is 1.88. The second-order valence-electron chi connectivity index (χ2n) is 3.37. The molecule has 15 heavy (non-hydrogen) atoms. The maximum atomic E-state index is 5.45. The molecule has 0 bridgehead atoms. The fraction of sp³-hybridized carbons (Fsp3) is 0.500. The van der Waals surface area contributed by atoms with Crippen LogP contribution in [0.1, 0.15) is 25.8 Å². The van der Waals surface area contributed by atoms with E-state index in [2.05, 4.69) is 40.3 Å². The molecule has 0 unspecified atom stereocenters. The van der Waals surface area contributed by atoms with Gasteiger partial charge in [0.05, 0.1) is 11.1 Å². The lowest BCUT2D eigenvalue weighted by molar-refractivity contribution is 0.338. The van der Waals surface area contributed by atoms with Crippen molar-refractivity contribution in [2.24, 2.45) is 0 Å². The van der Waals surface area contributed by atoms with Gasteiger partial charge in [0, 0.05) is 6.54 Å². The average Bonchev–Trinajstić information content (AvgIpc) is 2.23. The molecule has 2 nitrogen and oxygen atoms in total. The molecule has 1 rings (SSSR count). The molecule has 0 atom stereocenters. The van der Waals surface area contributed by atoms with Crippen molar-refractivity contribution < 1.29 is 4.74 Å². The van der Waals surface area contributed by atoms with E-state index in [0.717, 1.165) is 29.7 Å². The predicted molar refractivity (Wildman–Crippen MR) is 67.3 cm³/mol. The van der Waals surface area contributed by atoms with Gasteiger partial charge in [-0.2, -0.15) is 0 Å². The van der Waals surface area contributed by atoms with E-state index >= 15 is 0 Å². The van der Waals surface area contributed by atoms with Gasteiger partial charge in [-0.15, -0.1) is 0 Å². The Balaban J connectivity index is 2.56. The summed E-state index contributed by atoms with van der Waals surface area (Å²) in [6.45, 7) is 6.83. The van der Waals surface area contributed by atoms with Crippen molar-refractivity contribution in [3.8, 4) is 5.75 Å². The van der Waals surface area contributed by atoms with Crippen LogP contribution in [0.25, 0.3) is 0 Å². The molecule has 0 saturated heterocycles. The normalized spacial score (nSPS) is 10.3. The van der Waals surface area contributed by atoms with E-state index in [9.17, 15) is 0 Å². The molecule has 0 amide bonds. The lowest BCUT2D eigenvalue weighted by Crippen LogP contribution is -2.13. The van der Waals surface area contributed by atoms with Gasteiger partial charge >= 0.3 is 0 Å². The number of ether oxygens (including phenoxy) is 1. The SMILES string of the molecule is CCCNCc1ccc(OCC)c(Br)c1. The molecule has 0 aliphatic heterocycles. The van der Waals surface area contributed by atoms with E-state index in [1.807, 2.05) is 13.0 Å². The molecule has 84 valence electrons. The number of rotatable bonds is 6. The van der Waals surface area contributed by atoms with E-state index < -0.39 is 0 Å². The van der Waals surface area contributed by atoms with E-state index in [1.54, 1.807) is 0 Å². The molecular formula is C12H18BrNO. The van der Waals surface area contributed by atoms with E-state index in [1.165, 1.54) is 5.56 Å². The summed E-state index contributed by atoms with van der Waals surface area (Å²) in [5, 5.41) is 3.37. The van der Waals surface area contributed by atoms with Gasteiger partial charge in [0.1, 0.15) is 5.75 Å². The summed E-state index contributed by atoms with van der Waals surface area (Å²) in [5.74, 6) is 0.914. The Kier molecular flexibility index (Phi) is 5.73. The van der Waals surface area contributed by atoms with Gasteiger partial charge in [0.25, 0.3) is 0 Å². The van der Waals surface area contributed by atoms with Crippen LogP contribution < -0.4 is 10.1 Å². The highest BCUT2D eigenvalue weighted by Crippen LogP contribution is 2.25. The highest BCUT2D eigenvalue weighted by Gasteiger charge is 2.01. The lowest BCUT2D eigenvalue weighted by atomic mass is 10.2. The first-order chi connectivity index (χ1) is 7.27. The van der Waals surface area contributed by atoms with E-state index in [0.29, 0.717) is 6.61 Å². The molecule has 0 radical (unpaired) electrons. The van der Waals surface area contributed by atoms with E-state index in [-0.39, 0.29) is 0 Å². The zero-order valence-corrected chi connectivity index (χ0v) is 10.9. The molecule has 0 saturated carbocycles. The maximum Gasteiger partial charge on any atom is 0.133 e. The Bertz CT molecular complexity index is 302. The molecule has 3 heteroatoms. The van der Waals surface area contributed by atoms with Crippen LogP contribution in [0.15, 0.2) is 22.7 Å². The van der Waals surface area contributed by atoms with Gasteiger partial charge < -0.3 is 10.1 Å². The van der Waals surface area contributed by atoms with Gasteiger partial charge in [-0.05, 0) is 53.5 Å². The smallest absolute Gasteiger partial charge is 0.133 e. The Labute approximate surface area is 100 Å². The molecule has 0 fully saturated rings. The third kappa shape index (κ3) is 4.22. The average molecular weight is 272 g/mol. The minimum atomic E-state index is 0.700. The second-order valence-corrected chi connectivity index (χ2v) is 4.23. The van der Waals surface area contributed by atoms with Gasteiger partial charge in [-0.3, -0.25) is 0 Å². The minimum Gasteiger partial charge on any atom is -0.493 e. The summed E-state index contributed by atoms with van der Waals surface area (Å²) in [6.07, 6.45) is 1.16. The summed E-state index contributed by atoms with van der Waals surface area (Å²) in [4.78, 5) is 0. The number of hydrogen-bond acceptors (Lipinski definition) is 2. The lowest BCUT2D eigenvalue weighted by Gasteiger charge is -2.08. The summed E-state index contributed by atoms with van der Waals surface area (Å²) < 4.78 is 6.48. The predicted octanol–water partition coefficient (Wildman–Crippen LogP) is 3.35. The Morgan fingerprint density at radius 3 is 2.73 bits per heavy atom. The summed E-state index contributed by atoms with van der Waals surface area (Å²) in [5.41, 5.74) is 1.28. The highest BCUT2D eigenvalue weighted by atomic mass is 79.9. The van der Waals surface area contributed by atoms with Crippen molar-refractivity contribution in [2.75, 3.05) is 13.2 Å². The molecule has 0 aromatic heterocycles. The largest absolute Gasteiger partial charge is 0.493 e. The highest BCUT2D eigenvalue weighted by molar-refractivity contribution is 9.10. The van der Waals surface area contributed by atoms with Crippen molar-refractivity contribution >= 4 is 15.9 Å². The van der Waals surface area contributed by atoms with Crippen molar-refractivity contribution in [1.82, 2.24) is 5.32 Å². The quantitative estimate of drug-likeness (QED) is 0.802. The molecule has 1 aromatic rings. The number of hydrogen-bond donors (Lipinski definition) is 1. The first-order valence-electron chi connectivity index (χ1n) is 5.39. The fourth-order valence-electron chi connectivity index (χ4n) is 1.34. The Morgan fingerprint density at radius 2 is 2.13 bits per heavy atom. The van der Waals surface area contributed by atoms with Crippen LogP contribution >= 0.6 is 15.9 Å². The Hall–Kier alpha value is -0.540. The minimum absolute atomic E-state index is 0.700. The third-order valence-electron chi connectivity index (χ3n) is 2.05. The Morgan fingerprint density at radius 1 is 1.33 bits per heavy atom.